The van der Waals surface area contributed by atoms with Crippen LogP contribution in [0.2, 0.25) is 0 Å². The third-order valence-corrected chi connectivity index (χ3v) is 3.11. The predicted octanol–water partition coefficient (Wildman–Crippen LogP) is 2.98. The van der Waals surface area contributed by atoms with Gasteiger partial charge in [-0.3, -0.25) is 4.98 Å². The lowest BCUT2D eigenvalue weighted by Gasteiger charge is -2.18. The van der Waals surface area contributed by atoms with Gasteiger partial charge in [-0.1, -0.05) is 31.2 Å². The summed E-state index contributed by atoms with van der Waals surface area (Å²) in [5.41, 5.74) is 2.26. The van der Waals surface area contributed by atoms with Crippen LogP contribution in [0.1, 0.15) is 24.2 Å². The van der Waals surface area contributed by atoms with Crippen molar-refractivity contribution in [2.45, 2.75) is 19.4 Å². The van der Waals surface area contributed by atoms with E-state index in [1.54, 1.807) is 7.11 Å². The number of benzene rings is 1. The Morgan fingerprint density at radius 3 is 2.63 bits per heavy atom. The minimum Gasteiger partial charge on any atom is -0.496 e. The second-order valence-corrected chi connectivity index (χ2v) is 4.38. The van der Waals surface area contributed by atoms with Crippen LogP contribution in [0.25, 0.3) is 0 Å². The number of likely N-dealkylation sites (N-methyl/N-ethyl adjacent to an activating group) is 1. The summed E-state index contributed by atoms with van der Waals surface area (Å²) in [6.45, 7) is 3.02. The van der Waals surface area contributed by atoms with Crippen LogP contribution in [0.4, 0.5) is 0 Å². The van der Waals surface area contributed by atoms with Gasteiger partial charge in [-0.15, -0.1) is 0 Å². The Bertz CT molecular complexity index is 499. The molecule has 0 radical (unpaired) electrons. The van der Waals surface area contributed by atoms with Crippen LogP contribution in [0.15, 0.2) is 48.7 Å². The molecule has 0 aliphatic rings. The molecular weight excluding hydrogens is 236 g/mol. The van der Waals surface area contributed by atoms with Gasteiger partial charge in [0, 0.05) is 6.20 Å². The first kappa shape index (κ1) is 13.6. The minimum atomic E-state index is 0.211. The second-order valence-electron chi connectivity index (χ2n) is 4.38. The van der Waals surface area contributed by atoms with Crippen molar-refractivity contribution in [1.82, 2.24) is 10.3 Å². The number of ether oxygens (including phenoxy) is 1. The van der Waals surface area contributed by atoms with E-state index in [0.717, 1.165) is 24.4 Å². The van der Waals surface area contributed by atoms with Gasteiger partial charge < -0.3 is 10.1 Å². The predicted molar refractivity (Wildman–Crippen MR) is 77.4 cm³/mol. The summed E-state index contributed by atoms with van der Waals surface area (Å²) in [6, 6.07) is 14.4. The van der Waals surface area contributed by atoms with Crippen LogP contribution in [0, 0.1) is 0 Å². The van der Waals surface area contributed by atoms with Gasteiger partial charge in [-0.25, -0.2) is 0 Å². The van der Waals surface area contributed by atoms with Crippen molar-refractivity contribution >= 4 is 0 Å². The van der Waals surface area contributed by atoms with Gasteiger partial charge in [-0.05, 0) is 36.7 Å². The van der Waals surface area contributed by atoms with E-state index >= 15 is 0 Å². The molecule has 19 heavy (non-hydrogen) atoms. The topological polar surface area (TPSA) is 34.1 Å². The molecule has 0 amide bonds. The molecule has 0 saturated carbocycles. The molecule has 1 unspecified atom stereocenters. The van der Waals surface area contributed by atoms with E-state index in [2.05, 4.69) is 29.4 Å². The molecule has 1 heterocycles. The summed E-state index contributed by atoms with van der Waals surface area (Å²) in [5.74, 6) is 0.932. The van der Waals surface area contributed by atoms with E-state index in [1.807, 2.05) is 36.5 Å². The van der Waals surface area contributed by atoms with Gasteiger partial charge >= 0.3 is 0 Å². The Morgan fingerprint density at radius 1 is 1.16 bits per heavy atom. The minimum absolute atomic E-state index is 0.211. The number of rotatable bonds is 6. The van der Waals surface area contributed by atoms with Gasteiger partial charge in [0.1, 0.15) is 5.75 Å². The van der Waals surface area contributed by atoms with Crippen LogP contribution in [0.3, 0.4) is 0 Å². The fourth-order valence-corrected chi connectivity index (χ4v) is 2.20. The molecule has 0 aliphatic carbocycles. The number of aromatic nitrogens is 1. The highest BCUT2D eigenvalue weighted by Gasteiger charge is 2.14. The molecule has 1 aromatic carbocycles. The number of hydrogen-bond donors (Lipinski definition) is 1. The van der Waals surface area contributed by atoms with Gasteiger partial charge in [0.05, 0.1) is 18.8 Å². The molecule has 2 aromatic rings. The van der Waals surface area contributed by atoms with Crippen molar-refractivity contribution in [1.29, 1.82) is 0 Å². The quantitative estimate of drug-likeness (QED) is 0.862. The zero-order chi connectivity index (χ0) is 13.5. The third-order valence-electron chi connectivity index (χ3n) is 3.11. The number of methoxy groups -OCH3 is 1. The van der Waals surface area contributed by atoms with E-state index < -0.39 is 0 Å². The van der Waals surface area contributed by atoms with E-state index in [-0.39, 0.29) is 6.04 Å². The van der Waals surface area contributed by atoms with E-state index in [9.17, 15) is 0 Å². The van der Waals surface area contributed by atoms with Crippen molar-refractivity contribution in [2.75, 3.05) is 13.7 Å². The Kier molecular flexibility index (Phi) is 4.93. The van der Waals surface area contributed by atoms with Crippen molar-refractivity contribution in [2.24, 2.45) is 0 Å². The highest BCUT2D eigenvalue weighted by Crippen LogP contribution is 2.23. The number of nitrogens with one attached hydrogen (secondary N) is 1. The largest absolute Gasteiger partial charge is 0.496 e. The summed E-state index contributed by atoms with van der Waals surface area (Å²) in [5, 5.41) is 3.48. The molecule has 0 saturated heterocycles. The molecule has 1 N–H and O–H groups in total. The molecule has 3 nitrogen and oxygen atoms in total. The highest BCUT2D eigenvalue weighted by atomic mass is 16.5. The first-order valence-electron chi connectivity index (χ1n) is 6.61. The zero-order valence-electron chi connectivity index (χ0n) is 11.5. The van der Waals surface area contributed by atoms with Crippen molar-refractivity contribution in [3.05, 3.63) is 59.9 Å². The molecule has 2 rings (SSSR count). The van der Waals surface area contributed by atoms with E-state index in [1.165, 1.54) is 5.56 Å². The zero-order valence-corrected chi connectivity index (χ0v) is 11.5. The Labute approximate surface area is 114 Å². The molecular formula is C16H20N2O. The van der Waals surface area contributed by atoms with E-state index in [0.29, 0.717) is 0 Å². The fourth-order valence-electron chi connectivity index (χ4n) is 2.20. The summed E-state index contributed by atoms with van der Waals surface area (Å²) < 4.78 is 5.41. The molecule has 0 spiro atoms. The summed E-state index contributed by atoms with van der Waals surface area (Å²) >= 11 is 0. The van der Waals surface area contributed by atoms with Crippen molar-refractivity contribution in [3.63, 3.8) is 0 Å². The number of nitrogens with zero attached hydrogens (tertiary/aromatic N) is 1. The van der Waals surface area contributed by atoms with Crippen molar-refractivity contribution in [3.8, 4) is 5.75 Å². The first-order chi connectivity index (χ1) is 9.35. The highest BCUT2D eigenvalue weighted by molar-refractivity contribution is 5.34. The lowest BCUT2D eigenvalue weighted by atomic mass is 10.0. The Morgan fingerprint density at radius 2 is 1.95 bits per heavy atom. The lowest BCUT2D eigenvalue weighted by Crippen LogP contribution is -2.24. The number of para-hydroxylation sites is 1. The summed E-state index contributed by atoms with van der Waals surface area (Å²) in [6.07, 6.45) is 2.71. The van der Waals surface area contributed by atoms with Crippen LogP contribution in [-0.4, -0.2) is 18.6 Å². The van der Waals surface area contributed by atoms with Crippen LogP contribution in [0.5, 0.6) is 5.75 Å². The second kappa shape index (κ2) is 6.90. The average Bonchev–Trinajstić information content (AvgIpc) is 2.48. The normalized spacial score (nSPS) is 12.1. The van der Waals surface area contributed by atoms with Crippen LogP contribution >= 0.6 is 0 Å². The molecule has 3 heteroatoms. The van der Waals surface area contributed by atoms with Gasteiger partial charge in [0.25, 0.3) is 0 Å². The van der Waals surface area contributed by atoms with Gasteiger partial charge in [0.2, 0.25) is 0 Å². The smallest absolute Gasteiger partial charge is 0.122 e. The van der Waals surface area contributed by atoms with Gasteiger partial charge in [-0.2, -0.15) is 0 Å². The lowest BCUT2D eigenvalue weighted by molar-refractivity contribution is 0.405. The fraction of sp³-hybridized carbons (Fsp3) is 0.312. The first-order valence-corrected chi connectivity index (χ1v) is 6.61. The molecule has 0 fully saturated rings. The van der Waals surface area contributed by atoms with Crippen molar-refractivity contribution < 1.29 is 4.74 Å². The molecule has 1 atom stereocenters. The monoisotopic (exact) mass is 256 g/mol. The summed E-state index contributed by atoms with van der Waals surface area (Å²) in [7, 11) is 1.71. The Balaban J connectivity index is 2.21. The SMILES string of the molecule is CCNC(Cc1ccccc1OC)c1ccccn1. The molecule has 100 valence electrons. The summed E-state index contributed by atoms with van der Waals surface area (Å²) in [4.78, 5) is 4.45. The molecule has 0 aliphatic heterocycles. The third kappa shape index (κ3) is 3.55. The Hall–Kier alpha value is -1.87. The maximum Gasteiger partial charge on any atom is 0.122 e. The maximum absolute atomic E-state index is 5.41. The van der Waals surface area contributed by atoms with Crippen LogP contribution < -0.4 is 10.1 Å². The molecule has 0 bridgehead atoms. The standard InChI is InChI=1S/C16H20N2O/c1-3-17-15(14-9-6-7-11-18-14)12-13-8-4-5-10-16(13)19-2/h4-11,15,17H,3,12H2,1-2H3. The number of pyridine rings is 1. The van der Waals surface area contributed by atoms with Gasteiger partial charge in [0.15, 0.2) is 0 Å². The number of hydrogen-bond acceptors (Lipinski definition) is 3. The average molecular weight is 256 g/mol. The molecule has 1 aromatic heterocycles. The maximum atomic E-state index is 5.41. The van der Waals surface area contributed by atoms with Crippen LogP contribution in [-0.2, 0) is 6.42 Å². The van der Waals surface area contributed by atoms with E-state index in [4.69, 9.17) is 4.74 Å².